The van der Waals surface area contributed by atoms with Crippen molar-refractivity contribution in [2.45, 2.75) is 6.92 Å². The van der Waals surface area contributed by atoms with E-state index in [0.717, 1.165) is 0 Å². The molecule has 48 valence electrons. The molecule has 0 heterocycles. The van der Waals surface area contributed by atoms with Gasteiger partial charge in [0.25, 0.3) is 0 Å². The normalized spacial score (nSPS) is 8.38. The van der Waals surface area contributed by atoms with Crippen LogP contribution in [-0.2, 0) is 4.74 Å². The number of hydrogen-bond acceptors (Lipinski definition) is 2. The molecule has 0 unspecified atom stereocenters. The summed E-state index contributed by atoms with van der Waals surface area (Å²) in [6.07, 6.45) is -0.368. The summed E-state index contributed by atoms with van der Waals surface area (Å²) >= 11 is 2.90. The predicted molar refractivity (Wildman–Crippen MR) is 33.7 cm³/mol. The van der Waals surface area contributed by atoms with Crippen LogP contribution in [0.1, 0.15) is 6.92 Å². The highest BCUT2D eigenvalue weighted by Gasteiger charge is 2.02. The van der Waals surface area contributed by atoms with Crippen molar-refractivity contribution in [1.82, 2.24) is 3.93 Å². The van der Waals surface area contributed by atoms with E-state index in [2.05, 4.69) is 20.9 Å². The molecule has 1 amide bonds. The van der Waals surface area contributed by atoms with Gasteiger partial charge in [0.2, 0.25) is 0 Å². The fourth-order valence-corrected chi connectivity index (χ4v) is 0.315. The second-order valence-electron chi connectivity index (χ2n) is 1.18. The zero-order valence-corrected chi connectivity index (χ0v) is 6.43. The van der Waals surface area contributed by atoms with Gasteiger partial charge in [-0.1, -0.05) is 0 Å². The van der Waals surface area contributed by atoms with Crippen LogP contribution in [0.25, 0.3) is 0 Å². The van der Waals surface area contributed by atoms with E-state index in [4.69, 9.17) is 0 Å². The van der Waals surface area contributed by atoms with E-state index in [-0.39, 0.29) is 6.09 Å². The van der Waals surface area contributed by atoms with Crippen LogP contribution in [0.5, 0.6) is 0 Å². The molecule has 0 aliphatic rings. The molecule has 3 nitrogen and oxygen atoms in total. The Kier molecular flexibility index (Phi) is 3.60. The van der Waals surface area contributed by atoms with Gasteiger partial charge in [-0.3, -0.25) is 0 Å². The average Bonchev–Trinajstić information content (AvgIpc) is 1.67. The van der Waals surface area contributed by atoms with E-state index in [9.17, 15) is 4.79 Å². The second kappa shape index (κ2) is 3.72. The first-order valence-corrected chi connectivity index (χ1v) is 2.95. The molecule has 0 N–H and O–H groups in total. The fraction of sp³-hybridized carbons (Fsp3) is 0.750. The number of ether oxygens (including phenoxy) is 1. The summed E-state index contributed by atoms with van der Waals surface area (Å²) in [6, 6.07) is 0. The molecule has 0 spiro atoms. The molecule has 0 aliphatic heterocycles. The molecule has 0 radical (unpaired) electrons. The van der Waals surface area contributed by atoms with Crippen molar-refractivity contribution in [2.75, 3.05) is 13.7 Å². The Morgan fingerprint density at radius 1 is 1.88 bits per heavy atom. The van der Waals surface area contributed by atoms with E-state index in [1.54, 1.807) is 14.0 Å². The van der Waals surface area contributed by atoms with Crippen LogP contribution in [0, 0.1) is 0 Å². The number of carbonyl (C=O) groups is 1. The maximum absolute atomic E-state index is 10.4. The van der Waals surface area contributed by atoms with E-state index in [1.807, 2.05) is 0 Å². The lowest BCUT2D eigenvalue weighted by Crippen LogP contribution is -2.16. The van der Waals surface area contributed by atoms with E-state index in [0.29, 0.717) is 6.61 Å². The largest absolute Gasteiger partial charge is 0.449 e. The zero-order chi connectivity index (χ0) is 6.57. The van der Waals surface area contributed by atoms with Gasteiger partial charge in [-0.15, -0.1) is 0 Å². The Hall–Kier alpha value is -0.250. The second-order valence-corrected chi connectivity index (χ2v) is 2.24. The Morgan fingerprint density at radius 2 is 2.38 bits per heavy atom. The van der Waals surface area contributed by atoms with Crippen molar-refractivity contribution in [1.29, 1.82) is 0 Å². The molecule has 4 heteroatoms. The summed E-state index contributed by atoms with van der Waals surface area (Å²) in [5, 5.41) is 0. The predicted octanol–water partition coefficient (Wildman–Crippen LogP) is 1.38. The van der Waals surface area contributed by atoms with Gasteiger partial charge in [0, 0.05) is 7.05 Å². The highest BCUT2D eigenvalue weighted by Crippen LogP contribution is 1.94. The highest BCUT2D eigenvalue weighted by atomic mass is 79.9. The van der Waals surface area contributed by atoms with Crippen molar-refractivity contribution >= 4 is 22.2 Å². The fourth-order valence-electron chi connectivity index (χ4n) is 0.212. The molecule has 0 bridgehead atoms. The number of hydrogen-bond donors (Lipinski definition) is 0. The van der Waals surface area contributed by atoms with Crippen LogP contribution in [0.15, 0.2) is 0 Å². The third kappa shape index (κ3) is 2.85. The van der Waals surface area contributed by atoms with Gasteiger partial charge in [-0.25, -0.2) is 8.72 Å². The quantitative estimate of drug-likeness (QED) is 0.573. The Balaban J connectivity index is 3.33. The van der Waals surface area contributed by atoms with Gasteiger partial charge < -0.3 is 4.74 Å². The van der Waals surface area contributed by atoms with Crippen LogP contribution in [-0.4, -0.2) is 23.7 Å². The number of halogens is 1. The Morgan fingerprint density at radius 3 is 2.50 bits per heavy atom. The minimum atomic E-state index is -0.368. The SMILES string of the molecule is CCOC(=O)N(C)Br. The monoisotopic (exact) mass is 181 g/mol. The van der Waals surface area contributed by atoms with E-state index in [1.165, 1.54) is 3.93 Å². The molecule has 0 saturated carbocycles. The van der Waals surface area contributed by atoms with Crippen LogP contribution in [0.2, 0.25) is 0 Å². The number of amides is 1. The van der Waals surface area contributed by atoms with Gasteiger partial charge >= 0.3 is 6.09 Å². The first-order chi connectivity index (χ1) is 3.68. The Bertz CT molecular complexity index is 84.1. The van der Waals surface area contributed by atoms with Crippen LogP contribution >= 0.6 is 16.1 Å². The third-order valence-electron chi connectivity index (χ3n) is 0.519. The van der Waals surface area contributed by atoms with Gasteiger partial charge in [-0.2, -0.15) is 0 Å². The molecule has 8 heavy (non-hydrogen) atoms. The Labute approximate surface area is 56.9 Å². The maximum Gasteiger partial charge on any atom is 0.419 e. The van der Waals surface area contributed by atoms with Crippen molar-refractivity contribution in [3.05, 3.63) is 0 Å². The summed E-state index contributed by atoms with van der Waals surface area (Å²) < 4.78 is 5.75. The van der Waals surface area contributed by atoms with Crippen molar-refractivity contribution in [2.24, 2.45) is 0 Å². The van der Waals surface area contributed by atoms with Gasteiger partial charge in [0.05, 0.1) is 22.8 Å². The van der Waals surface area contributed by atoms with Crippen molar-refractivity contribution in [3.63, 3.8) is 0 Å². The molecule has 0 aromatic carbocycles. The van der Waals surface area contributed by atoms with Crippen molar-refractivity contribution < 1.29 is 9.53 Å². The molecule has 0 fully saturated rings. The number of carbonyl (C=O) groups excluding carboxylic acids is 1. The molecular weight excluding hydrogens is 174 g/mol. The zero-order valence-electron chi connectivity index (χ0n) is 4.85. The van der Waals surface area contributed by atoms with Crippen molar-refractivity contribution in [3.8, 4) is 0 Å². The van der Waals surface area contributed by atoms with Crippen LogP contribution < -0.4 is 0 Å². The molecule has 0 aromatic heterocycles. The topological polar surface area (TPSA) is 29.5 Å². The minimum Gasteiger partial charge on any atom is -0.449 e. The van der Waals surface area contributed by atoms with Gasteiger partial charge in [0.1, 0.15) is 0 Å². The van der Waals surface area contributed by atoms with Crippen LogP contribution in [0.3, 0.4) is 0 Å². The third-order valence-corrected chi connectivity index (χ3v) is 0.809. The maximum atomic E-state index is 10.4. The average molecular weight is 182 g/mol. The summed E-state index contributed by atoms with van der Waals surface area (Å²) in [6.45, 7) is 2.17. The van der Waals surface area contributed by atoms with Gasteiger partial charge in [-0.05, 0) is 6.92 Å². The highest BCUT2D eigenvalue weighted by molar-refractivity contribution is 9.07. The molecule has 0 aromatic rings. The van der Waals surface area contributed by atoms with Gasteiger partial charge in [0.15, 0.2) is 0 Å². The standard InChI is InChI=1S/C4H8BrNO2/c1-3-8-4(7)6(2)5/h3H2,1-2H3. The first-order valence-electron chi connectivity index (χ1n) is 2.24. The summed E-state index contributed by atoms with van der Waals surface area (Å²) in [7, 11) is 1.57. The molecular formula is C4H8BrNO2. The summed E-state index contributed by atoms with van der Waals surface area (Å²) in [4.78, 5) is 10.4. The summed E-state index contributed by atoms with van der Waals surface area (Å²) in [5.41, 5.74) is 0. The van der Waals surface area contributed by atoms with Crippen LogP contribution in [0.4, 0.5) is 4.79 Å². The van der Waals surface area contributed by atoms with E-state index < -0.39 is 0 Å². The smallest absolute Gasteiger partial charge is 0.419 e. The number of rotatable bonds is 1. The lowest BCUT2D eigenvalue weighted by atomic mass is 10.9. The first kappa shape index (κ1) is 7.75. The lowest BCUT2D eigenvalue weighted by Gasteiger charge is -2.05. The number of nitrogens with zero attached hydrogens (tertiary/aromatic N) is 1. The molecule has 0 aliphatic carbocycles. The molecule has 0 saturated heterocycles. The molecule has 0 rings (SSSR count). The van der Waals surface area contributed by atoms with E-state index >= 15 is 0 Å². The lowest BCUT2D eigenvalue weighted by molar-refractivity contribution is 0.140. The molecule has 0 atom stereocenters. The minimum absolute atomic E-state index is 0.368. The summed E-state index contributed by atoms with van der Waals surface area (Å²) in [5.74, 6) is 0.